The Kier molecular flexibility index (Phi) is 5.55. The average Bonchev–Trinajstić information content (AvgIpc) is 3.39. The fraction of sp³-hybridized carbons (Fsp3) is 0.318. The minimum atomic E-state index is -0.236. The van der Waals surface area contributed by atoms with Crippen molar-refractivity contribution in [3.8, 4) is 11.1 Å². The lowest BCUT2D eigenvalue weighted by atomic mass is 9.97. The molecule has 1 atom stereocenters. The van der Waals surface area contributed by atoms with Gasteiger partial charge in [-0.25, -0.2) is 9.37 Å². The smallest absolute Gasteiger partial charge is 0.222 e. The molecule has 0 aliphatic carbocycles. The lowest BCUT2D eigenvalue weighted by Gasteiger charge is -2.17. The van der Waals surface area contributed by atoms with Crippen molar-refractivity contribution in [2.45, 2.75) is 31.6 Å². The molecule has 3 aromatic rings. The van der Waals surface area contributed by atoms with Gasteiger partial charge in [0.15, 0.2) is 0 Å². The molecule has 0 saturated carbocycles. The number of pyridine rings is 1. The van der Waals surface area contributed by atoms with E-state index in [9.17, 15) is 9.18 Å². The van der Waals surface area contributed by atoms with E-state index >= 15 is 0 Å². The highest BCUT2D eigenvalue weighted by atomic mass is 19.1. The summed E-state index contributed by atoms with van der Waals surface area (Å²) < 4.78 is 13.0. The second-order valence-electron chi connectivity index (χ2n) is 7.47. The predicted octanol–water partition coefficient (Wildman–Crippen LogP) is 3.53. The van der Waals surface area contributed by atoms with E-state index in [4.69, 9.17) is 5.73 Å². The van der Waals surface area contributed by atoms with Crippen molar-refractivity contribution < 1.29 is 9.18 Å². The first-order chi connectivity index (χ1) is 14.1. The first kappa shape index (κ1) is 19.1. The second kappa shape index (κ2) is 8.43. The summed E-state index contributed by atoms with van der Waals surface area (Å²) in [6.45, 7) is 1.43. The quantitative estimate of drug-likeness (QED) is 0.671. The van der Waals surface area contributed by atoms with Gasteiger partial charge in [0.05, 0.1) is 6.20 Å². The van der Waals surface area contributed by atoms with Crippen LogP contribution in [-0.4, -0.2) is 39.1 Å². The van der Waals surface area contributed by atoms with Gasteiger partial charge in [0.2, 0.25) is 5.91 Å². The zero-order valence-electron chi connectivity index (χ0n) is 16.1. The third-order valence-electron chi connectivity index (χ3n) is 5.48. The monoisotopic (exact) mass is 393 g/mol. The Labute approximate surface area is 169 Å². The van der Waals surface area contributed by atoms with Gasteiger partial charge in [-0.15, -0.1) is 0 Å². The van der Waals surface area contributed by atoms with E-state index in [-0.39, 0.29) is 17.6 Å². The summed E-state index contributed by atoms with van der Waals surface area (Å²) in [6, 6.07) is 10.2. The summed E-state index contributed by atoms with van der Waals surface area (Å²) in [5.74, 6) is 0.631. The maximum Gasteiger partial charge on any atom is 0.222 e. The summed E-state index contributed by atoms with van der Waals surface area (Å²) >= 11 is 0. The third kappa shape index (κ3) is 4.45. The average molecular weight is 393 g/mol. The Morgan fingerprint density at radius 3 is 2.90 bits per heavy atom. The van der Waals surface area contributed by atoms with Crippen LogP contribution in [0.1, 0.15) is 36.4 Å². The van der Waals surface area contributed by atoms with E-state index in [1.807, 2.05) is 17.0 Å². The number of carbonyl (C=O) groups excluding carboxylic acids is 1. The molecule has 1 saturated heterocycles. The lowest BCUT2D eigenvalue weighted by molar-refractivity contribution is -0.130. The van der Waals surface area contributed by atoms with E-state index in [0.717, 1.165) is 48.2 Å². The van der Waals surface area contributed by atoms with Crippen LogP contribution >= 0.6 is 0 Å². The second-order valence-corrected chi connectivity index (χ2v) is 7.47. The number of anilines is 1. The number of rotatable bonds is 6. The molecular formula is C22H24FN5O. The van der Waals surface area contributed by atoms with Gasteiger partial charge in [-0.1, -0.05) is 12.1 Å². The van der Waals surface area contributed by atoms with Crippen LogP contribution in [0.2, 0.25) is 0 Å². The Bertz CT molecular complexity index is 985. The van der Waals surface area contributed by atoms with Gasteiger partial charge in [-0.3, -0.25) is 9.89 Å². The van der Waals surface area contributed by atoms with Crippen molar-refractivity contribution in [3.05, 3.63) is 65.9 Å². The molecule has 7 heteroatoms. The van der Waals surface area contributed by atoms with Crippen LogP contribution in [0.4, 0.5) is 10.2 Å². The number of amides is 1. The van der Waals surface area contributed by atoms with Gasteiger partial charge in [0.1, 0.15) is 11.6 Å². The van der Waals surface area contributed by atoms with Crippen molar-refractivity contribution in [1.82, 2.24) is 20.1 Å². The van der Waals surface area contributed by atoms with Crippen LogP contribution in [0.15, 0.2) is 48.8 Å². The van der Waals surface area contributed by atoms with Gasteiger partial charge in [0.25, 0.3) is 0 Å². The molecule has 3 N–H and O–H groups in total. The standard InChI is InChI=1S/C22H24FN5O/c23-18-6-4-15(5-7-18)2-1-3-21(29)28-11-9-17(14-28)22-19(13-26-27-22)16-8-10-25-20(24)12-16/h4-8,10,12-13,17H,1-3,9,11,14H2,(H2,24,25)(H,26,27). The summed E-state index contributed by atoms with van der Waals surface area (Å²) in [4.78, 5) is 18.6. The summed E-state index contributed by atoms with van der Waals surface area (Å²) in [5, 5.41) is 7.33. The van der Waals surface area contributed by atoms with Crippen LogP contribution in [0.25, 0.3) is 11.1 Å². The molecular weight excluding hydrogens is 369 g/mol. The van der Waals surface area contributed by atoms with Gasteiger partial charge >= 0.3 is 0 Å². The first-order valence-electron chi connectivity index (χ1n) is 9.87. The highest BCUT2D eigenvalue weighted by Gasteiger charge is 2.29. The number of halogens is 1. The Hall–Kier alpha value is -3.22. The molecule has 1 aliphatic heterocycles. The predicted molar refractivity (Wildman–Crippen MR) is 110 cm³/mol. The van der Waals surface area contributed by atoms with Gasteiger partial charge in [-0.05, 0) is 54.7 Å². The number of nitrogen functional groups attached to an aromatic ring is 1. The largest absolute Gasteiger partial charge is 0.384 e. The van der Waals surface area contributed by atoms with Gasteiger partial charge in [-0.2, -0.15) is 5.10 Å². The van der Waals surface area contributed by atoms with Gasteiger partial charge < -0.3 is 10.6 Å². The summed E-state index contributed by atoms with van der Waals surface area (Å²) in [5.41, 5.74) is 9.89. The topological polar surface area (TPSA) is 87.9 Å². The molecule has 150 valence electrons. The molecule has 3 heterocycles. The molecule has 1 amide bonds. The Morgan fingerprint density at radius 2 is 2.10 bits per heavy atom. The fourth-order valence-corrected chi connectivity index (χ4v) is 3.93. The molecule has 1 aromatic carbocycles. The summed E-state index contributed by atoms with van der Waals surface area (Å²) in [6.07, 6.45) is 6.43. The molecule has 1 fully saturated rings. The molecule has 0 spiro atoms. The number of nitrogens with one attached hydrogen (secondary N) is 1. The number of nitrogens with two attached hydrogens (primary N) is 1. The molecule has 1 aliphatic rings. The van der Waals surface area contributed by atoms with Crippen molar-refractivity contribution in [3.63, 3.8) is 0 Å². The van der Waals surface area contributed by atoms with E-state index in [2.05, 4.69) is 15.2 Å². The highest BCUT2D eigenvalue weighted by Crippen LogP contribution is 2.33. The lowest BCUT2D eigenvalue weighted by Crippen LogP contribution is -2.28. The minimum Gasteiger partial charge on any atom is -0.384 e. The van der Waals surface area contributed by atoms with Crippen molar-refractivity contribution in [2.24, 2.45) is 0 Å². The van der Waals surface area contributed by atoms with Crippen molar-refractivity contribution in [2.75, 3.05) is 18.8 Å². The number of nitrogens with zero attached hydrogens (tertiary/aromatic N) is 3. The molecule has 29 heavy (non-hydrogen) atoms. The van der Waals surface area contributed by atoms with E-state index in [1.165, 1.54) is 12.1 Å². The third-order valence-corrected chi connectivity index (χ3v) is 5.48. The zero-order chi connectivity index (χ0) is 20.2. The molecule has 4 rings (SSSR count). The number of aryl methyl sites for hydroxylation is 1. The number of hydrogen-bond acceptors (Lipinski definition) is 4. The normalized spacial score (nSPS) is 16.3. The van der Waals surface area contributed by atoms with Crippen LogP contribution in [-0.2, 0) is 11.2 Å². The van der Waals surface area contributed by atoms with Crippen LogP contribution in [0.5, 0.6) is 0 Å². The number of likely N-dealkylation sites (tertiary alicyclic amines) is 1. The van der Waals surface area contributed by atoms with Gasteiger partial charge in [0, 0.05) is 42.9 Å². The van der Waals surface area contributed by atoms with Crippen LogP contribution in [0, 0.1) is 5.82 Å². The van der Waals surface area contributed by atoms with E-state index in [1.54, 1.807) is 24.5 Å². The number of H-pyrrole nitrogens is 1. The number of hydrogen-bond donors (Lipinski definition) is 2. The number of aromatic amines is 1. The summed E-state index contributed by atoms with van der Waals surface area (Å²) in [7, 11) is 0. The minimum absolute atomic E-state index is 0.170. The Morgan fingerprint density at radius 1 is 1.28 bits per heavy atom. The maximum absolute atomic E-state index is 13.0. The Balaban J connectivity index is 1.34. The first-order valence-corrected chi connectivity index (χ1v) is 9.87. The van der Waals surface area contributed by atoms with Crippen LogP contribution in [0.3, 0.4) is 0 Å². The molecule has 2 aromatic heterocycles. The van der Waals surface area contributed by atoms with Crippen LogP contribution < -0.4 is 5.73 Å². The molecule has 0 bridgehead atoms. The van der Waals surface area contributed by atoms with Crippen molar-refractivity contribution in [1.29, 1.82) is 0 Å². The molecule has 1 unspecified atom stereocenters. The van der Waals surface area contributed by atoms with Crippen molar-refractivity contribution >= 4 is 11.7 Å². The SMILES string of the molecule is Nc1cc(-c2cn[nH]c2C2CCN(C(=O)CCCc3ccc(F)cc3)C2)ccn1. The fourth-order valence-electron chi connectivity index (χ4n) is 3.93. The zero-order valence-corrected chi connectivity index (χ0v) is 16.1. The molecule has 6 nitrogen and oxygen atoms in total. The highest BCUT2D eigenvalue weighted by molar-refractivity contribution is 5.77. The van der Waals surface area contributed by atoms with E-state index < -0.39 is 0 Å². The number of carbonyl (C=O) groups is 1. The number of benzene rings is 1. The number of aromatic nitrogens is 3. The van der Waals surface area contributed by atoms with E-state index in [0.29, 0.717) is 18.8 Å². The maximum atomic E-state index is 13.0. The molecule has 0 radical (unpaired) electrons.